The van der Waals surface area contributed by atoms with Crippen molar-refractivity contribution in [3.63, 3.8) is 0 Å². The standard InChI is InChI=1S/C17H22F2N4O2/c1-3-21-7-10-4-5-22(8-10)16-12(18)6-11-15(14(16)19)23(20-2)9-13(24)17(11)25/h6,10,20-21H,3-5,7-9H2,1-2H3. The van der Waals surface area contributed by atoms with E-state index < -0.39 is 23.2 Å². The molecule has 1 aromatic carbocycles. The van der Waals surface area contributed by atoms with Crippen LogP contribution in [0.3, 0.4) is 0 Å². The second kappa shape index (κ2) is 7.05. The van der Waals surface area contributed by atoms with E-state index in [1.165, 1.54) is 12.1 Å². The molecule has 1 unspecified atom stereocenters. The molecule has 0 saturated carbocycles. The highest BCUT2D eigenvalue weighted by molar-refractivity contribution is 6.47. The summed E-state index contributed by atoms with van der Waals surface area (Å²) < 4.78 is 29.7. The summed E-state index contributed by atoms with van der Waals surface area (Å²) in [7, 11) is 1.53. The van der Waals surface area contributed by atoms with Gasteiger partial charge in [0.1, 0.15) is 23.7 Å². The van der Waals surface area contributed by atoms with Crippen molar-refractivity contribution in [1.29, 1.82) is 0 Å². The van der Waals surface area contributed by atoms with E-state index in [4.69, 9.17) is 0 Å². The number of fused-ring (bicyclic) bond motifs is 1. The van der Waals surface area contributed by atoms with Crippen LogP contribution in [0, 0.1) is 17.6 Å². The van der Waals surface area contributed by atoms with E-state index in [0.29, 0.717) is 19.0 Å². The van der Waals surface area contributed by atoms with Crippen LogP contribution in [0.1, 0.15) is 23.7 Å². The van der Waals surface area contributed by atoms with Crippen LogP contribution in [0.25, 0.3) is 0 Å². The number of hydrazine groups is 1. The number of carbonyl (C=O) groups excluding carboxylic acids is 2. The first-order chi connectivity index (χ1) is 12.0. The molecule has 3 rings (SSSR count). The molecule has 136 valence electrons. The summed E-state index contributed by atoms with van der Waals surface area (Å²) in [5, 5.41) is 4.51. The van der Waals surface area contributed by atoms with Crippen LogP contribution in [0.15, 0.2) is 6.07 Å². The van der Waals surface area contributed by atoms with Gasteiger partial charge in [0.05, 0.1) is 5.56 Å². The minimum absolute atomic E-state index is 0.0568. The monoisotopic (exact) mass is 352 g/mol. The lowest BCUT2D eigenvalue weighted by atomic mass is 9.98. The van der Waals surface area contributed by atoms with Crippen molar-refractivity contribution >= 4 is 22.9 Å². The highest BCUT2D eigenvalue weighted by atomic mass is 19.1. The maximum atomic E-state index is 15.1. The van der Waals surface area contributed by atoms with Crippen molar-refractivity contribution in [2.75, 3.05) is 49.7 Å². The number of Topliss-reactive ketones (excluding diaryl/α,β-unsaturated/α-hetero) is 2. The fraction of sp³-hybridized carbons (Fsp3) is 0.529. The molecule has 8 heteroatoms. The summed E-state index contributed by atoms with van der Waals surface area (Å²) in [6.45, 7) is 4.50. The lowest BCUT2D eigenvalue weighted by Gasteiger charge is -2.31. The topological polar surface area (TPSA) is 64.7 Å². The van der Waals surface area contributed by atoms with Crippen LogP contribution in [0.5, 0.6) is 0 Å². The van der Waals surface area contributed by atoms with E-state index >= 15 is 4.39 Å². The number of anilines is 2. The Morgan fingerprint density at radius 2 is 2.04 bits per heavy atom. The molecular formula is C17H22F2N4O2. The zero-order valence-electron chi connectivity index (χ0n) is 14.4. The summed E-state index contributed by atoms with van der Waals surface area (Å²) in [5.74, 6) is -2.83. The van der Waals surface area contributed by atoms with E-state index in [-0.39, 0.29) is 23.5 Å². The van der Waals surface area contributed by atoms with Crippen molar-refractivity contribution < 1.29 is 18.4 Å². The average Bonchev–Trinajstić information content (AvgIpc) is 3.04. The third-order valence-corrected chi connectivity index (χ3v) is 4.79. The van der Waals surface area contributed by atoms with Gasteiger partial charge in [-0.2, -0.15) is 0 Å². The molecule has 2 aliphatic rings. The smallest absolute Gasteiger partial charge is 0.232 e. The Labute approximate surface area is 145 Å². The summed E-state index contributed by atoms with van der Waals surface area (Å²) in [6, 6.07) is 0.981. The third kappa shape index (κ3) is 3.11. The molecular weight excluding hydrogens is 330 g/mol. The molecule has 6 nitrogen and oxygen atoms in total. The molecule has 0 spiro atoms. The van der Waals surface area contributed by atoms with E-state index in [9.17, 15) is 14.0 Å². The number of halogens is 2. The Bertz CT molecular complexity index is 710. The molecule has 25 heavy (non-hydrogen) atoms. The van der Waals surface area contributed by atoms with Crippen molar-refractivity contribution in [2.45, 2.75) is 13.3 Å². The van der Waals surface area contributed by atoms with Crippen molar-refractivity contribution in [3.8, 4) is 0 Å². The van der Waals surface area contributed by atoms with Gasteiger partial charge in [0.2, 0.25) is 11.6 Å². The number of hydrogen-bond acceptors (Lipinski definition) is 6. The van der Waals surface area contributed by atoms with E-state index in [2.05, 4.69) is 10.7 Å². The Hall–Kier alpha value is -2.06. The molecule has 1 fully saturated rings. The predicted octanol–water partition coefficient (Wildman–Crippen LogP) is 1.11. The predicted molar refractivity (Wildman–Crippen MR) is 91.0 cm³/mol. The molecule has 2 aliphatic heterocycles. The summed E-state index contributed by atoms with van der Waals surface area (Å²) in [4.78, 5) is 25.4. The zero-order chi connectivity index (χ0) is 18.1. The minimum atomic E-state index is -0.850. The second-order valence-corrected chi connectivity index (χ2v) is 6.39. The first kappa shape index (κ1) is 17.8. The van der Waals surface area contributed by atoms with E-state index in [1.54, 1.807) is 4.90 Å². The summed E-state index contributed by atoms with van der Waals surface area (Å²) in [6.07, 6.45) is 0.843. The molecule has 1 aromatic rings. The number of hydrogen-bond donors (Lipinski definition) is 2. The molecule has 2 heterocycles. The van der Waals surface area contributed by atoms with Gasteiger partial charge in [0.15, 0.2) is 5.82 Å². The van der Waals surface area contributed by atoms with Gasteiger partial charge in [0, 0.05) is 20.1 Å². The van der Waals surface area contributed by atoms with Gasteiger partial charge in [-0.25, -0.2) is 14.2 Å². The lowest BCUT2D eigenvalue weighted by molar-refractivity contribution is -0.114. The Balaban J connectivity index is 1.97. The average molecular weight is 352 g/mol. The van der Waals surface area contributed by atoms with E-state index in [0.717, 1.165) is 25.6 Å². The lowest BCUT2D eigenvalue weighted by Crippen LogP contribution is -2.47. The Kier molecular flexibility index (Phi) is 5.01. The minimum Gasteiger partial charge on any atom is -0.366 e. The van der Waals surface area contributed by atoms with Gasteiger partial charge in [0.25, 0.3) is 0 Å². The first-order valence-electron chi connectivity index (χ1n) is 8.48. The maximum absolute atomic E-state index is 15.1. The largest absolute Gasteiger partial charge is 0.366 e. The van der Waals surface area contributed by atoms with E-state index in [1.807, 2.05) is 6.92 Å². The fourth-order valence-corrected chi connectivity index (χ4v) is 3.51. The van der Waals surface area contributed by atoms with Crippen molar-refractivity contribution in [3.05, 3.63) is 23.3 Å². The van der Waals surface area contributed by atoms with Gasteiger partial charge >= 0.3 is 0 Å². The van der Waals surface area contributed by atoms with Gasteiger partial charge in [-0.1, -0.05) is 6.92 Å². The Morgan fingerprint density at radius 1 is 1.28 bits per heavy atom. The molecule has 1 atom stereocenters. The molecule has 2 N–H and O–H groups in total. The number of nitrogens with one attached hydrogen (secondary N) is 2. The summed E-state index contributed by atoms with van der Waals surface area (Å²) >= 11 is 0. The maximum Gasteiger partial charge on any atom is 0.232 e. The molecule has 0 amide bonds. The molecule has 0 aliphatic carbocycles. The molecule has 1 saturated heterocycles. The number of carbonyl (C=O) groups is 2. The van der Waals surface area contributed by atoms with Gasteiger partial charge in [-0.05, 0) is 31.5 Å². The SMILES string of the molecule is CCNCC1CCN(c2c(F)cc3c(c2F)N(NC)CC(=O)C3=O)C1. The molecule has 0 aromatic heterocycles. The van der Waals surface area contributed by atoms with Crippen LogP contribution in [-0.2, 0) is 4.79 Å². The first-order valence-corrected chi connectivity index (χ1v) is 8.48. The second-order valence-electron chi connectivity index (χ2n) is 6.39. The Morgan fingerprint density at radius 3 is 2.72 bits per heavy atom. The molecule has 0 radical (unpaired) electrons. The van der Waals surface area contributed by atoms with Gasteiger partial charge in [-0.3, -0.25) is 14.6 Å². The number of nitrogens with zero attached hydrogens (tertiary/aromatic N) is 2. The highest BCUT2D eigenvalue weighted by Crippen LogP contribution is 2.38. The number of benzene rings is 1. The molecule has 0 bridgehead atoms. The van der Waals surface area contributed by atoms with Crippen molar-refractivity contribution in [1.82, 2.24) is 10.7 Å². The number of ketones is 2. The van der Waals surface area contributed by atoms with Crippen LogP contribution in [0.2, 0.25) is 0 Å². The number of rotatable bonds is 5. The van der Waals surface area contributed by atoms with Crippen LogP contribution >= 0.6 is 0 Å². The van der Waals surface area contributed by atoms with Crippen LogP contribution in [-0.4, -0.2) is 51.3 Å². The highest BCUT2D eigenvalue weighted by Gasteiger charge is 2.37. The van der Waals surface area contributed by atoms with Crippen LogP contribution in [0.4, 0.5) is 20.2 Å². The van der Waals surface area contributed by atoms with Gasteiger partial charge in [-0.15, -0.1) is 0 Å². The zero-order valence-corrected chi connectivity index (χ0v) is 14.4. The fourth-order valence-electron chi connectivity index (χ4n) is 3.51. The summed E-state index contributed by atoms with van der Waals surface area (Å²) in [5.41, 5.74) is 2.28. The quantitative estimate of drug-likeness (QED) is 0.774. The van der Waals surface area contributed by atoms with Crippen molar-refractivity contribution in [2.24, 2.45) is 5.92 Å². The van der Waals surface area contributed by atoms with Gasteiger partial charge < -0.3 is 10.2 Å². The third-order valence-electron chi connectivity index (χ3n) is 4.79. The van der Waals surface area contributed by atoms with Crippen LogP contribution < -0.4 is 20.7 Å². The normalized spacial score (nSPS) is 20.4.